The van der Waals surface area contributed by atoms with Gasteiger partial charge in [-0.1, -0.05) is 125 Å². The zero-order valence-corrected chi connectivity index (χ0v) is 27.3. The van der Waals surface area contributed by atoms with Gasteiger partial charge in [0.15, 0.2) is 0 Å². The summed E-state index contributed by atoms with van der Waals surface area (Å²) in [4.78, 5) is 0. The van der Waals surface area contributed by atoms with E-state index in [0.717, 1.165) is 0 Å². The molecule has 0 unspecified atom stereocenters. The van der Waals surface area contributed by atoms with Crippen LogP contribution in [-0.2, 0) is 20.4 Å². The van der Waals surface area contributed by atoms with Crippen LogP contribution in [0.3, 0.4) is 0 Å². The molecule has 0 aliphatic heterocycles. The minimum atomic E-state index is 0.109. The Morgan fingerprint density at radius 1 is 0.485 bits per heavy atom. The molecule has 0 N–H and O–H groups in total. The molecule has 0 saturated carbocycles. The quantitative estimate of drug-likeness (QED) is 0.299. The topological polar surface area (TPSA) is 42.3 Å². The van der Waals surface area contributed by atoms with Gasteiger partial charge >= 0.3 is 49.0 Å². The number of hydrogen-bond donors (Lipinski definition) is 0. The Morgan fingerprint density at radius 2 is 0.697 bits per heavy atom. The fraction of sp³-hybridized carbons (Fsp3) is 0.862. The van der Waals surface area contributed by atoms with Crippen molar-refractivity contribution < 1.29 is 20.4 Å². The fourth-order valence-electron chi connectivity index (χ4n) is 3.47. The Morgan fingerprint density at radius 3 is 0.727 bits per heavy atom. The Balaban J connectivity index is -0.000000367. The first-order chi connectivity index (χ1) is 14.0. The molecule has 0 radical (unpaired) electrons. The molecule has 1 aliphatic carbocycles. The zero-order valence-electron chi connectivity index (χ0n) is 25.8. The van der Waals surface area contributed by atoms with Gasteiger partial charge in [0.2, 0.25) is 0 Å². The molecule has 0 aromatic carbocycles. The van der Waals surface area contributed by atoms with Gasteiger partial charge in [-0.15, -0.1) is 33.2 Å². The summed E-state index contributed by atoms with van der Waals surface area (Å²) < 4.78 is 1.47. The SMILES string of the molecule is CC(C)(C)[N-]C(C)(C)C.CC(C)(C)[N-]C(C)(C)C.CC(C)(C)[N-]C(C)(C)C.[Ti+3][C]1=CC=CC1. The van der Waals surface area contributed by atoms with Gasteiger partial charge in [-0.2, -0.15) is 0 Å². The van der Waals surface area contributed by atoms with E-state index in [-0.39, 0.29) is 33.2 Å². The van der Waals surface area contributed by atoms with Crippen molar-refractivity contribution in [2.75, 3.05) is 0 Å². The van der Waals surface area contributed by atoms with Crippen molar-refractivity contribution in [1.29, 1.82) is 0 Å². The third-order valence-electron chi connectivity index (χ3n) is 2.78. The van der Waals surface area contributed by atoms with Crippen LogP contribution in [0, 0.1) is 0 Å². The summed E-state index contributed by atoms with van der Waals surface area (Å²) in [7, 11) is 0. The second-order valence-corrected chi connectivity index (χ2v) is 15.7. The van der Waals surface area contributed by atoms with Crippen LogP contribution < -0.4 is 0 Å². The van der Waals surface area contributed by atoms with Gasteiger partial charge in [0.25, 0.3) is 0 Å². The van der Waals surface area contributed by atoms with Crippen molar-refractivity contribution in [3.05, 3.63) is 38.1 Å². The molecule has 33 heavy (non-hydrogen) atoms. The van der Waals surface area contributed by atoms with Gasteiger partial charge in [0, 0.05) is 0 Å². The summed E-state index contributed by atoms with van der Waals surface area (Å²) in [5.74, 6) is 0. The van der Waals surface area contributed by atoms with Gasteiger partial charge in [0.05, 0.1) is 0 Å². The molecule has 1 rings (SSSR count). The standard InChI is InChI=1S/3C8H18N.C5H5.Ti/c3*1-7(2,3)9-8(4,5)6;1-2-4-5-3-1;/h3*1-6H3;1-3H,4H2;/q3*-1;;+3. The van der Waals surface area contributed by atoms with Gasteiger partial charge in [-0.3, -0.25) is 0 Å². The summed E-state index contributed by atoms with van der Waals surface area (Å²) in [6, 6.07) is 0. The van der Waals surface area contributed by atoms with E-state index in [1.54, 1.807) is 0 Å². The first-order valence-electron chi connectivity index (χ1n) is 12.3. The number of nitrogens with zero attached hydrogens (tertiary/aromatic N) is 3. The van der Waals surface area contributed by atoms with Crippen molar-refractivity contribution >= 4 is 0 Å². The third kappa shape index (κ3) is 46.1. The van der Waals surface area contributed by atoms with Crippen molar-refractivity contribution in [1.82, 2.24) is 0 Å². The van der Waals surface area contributed by atoms with Gasteiger partial charge < -0.3 is 16.0 Å². The normalized spacial score (nSPS) is 14.8. The van der Waals surface area contributed by atoms with Crippen molar-refractivity contribution in [2.45, 2.75) is 164 Å². The van der Waals surface area contributed by atoms with Crippen LogP contribution in [0.25, 0.3) is 16.0 Å². The maximum atomic E-state index is 4.54. The second-order valence-electron chi connectivity index (χ2n) is 14.7. The Hall–Kier alpha value is 0.0743. The van der Waals surface area contributed by atoms with Crippen LogP contribution in [0.15, 0.2) is 22.1 Å². The number of allylic oxidation sites excluding steroid dienone is 4. The summed E-state index contributed by atoms with van der Waals surface area (Å²) in [5, 5.41) is 13.6. The zero-order chi connectivity index (χ0) is 27.5. The van der Waals surface area contributed by atoms with Crippen molar-refractivity contribution in [3.8, 4) is 0 Å². The molecule has 0 aromatic rings. The molecule has 0 heterocycles. The summed E-state index contributed by atoms with van der Waals surface area (Å²) in [5.41, 5.74) is 0.656. The molecule has 0 atom stereocenters. The number of hydrogen-bond acceptors (Lipinski definition) is 0. The van der Waals surface area contributed by atoms with Crippen LogP contribution in [-0.4, -0.2) is 33.2 Å². The molecule has 0 amide bonds. The maximum absolute atomic E-state index is 4.54. The second kappa shape index (κ2) is 14.6. The van der Waals surface area contributed by atoms with Gasteiger partial charge in [-0.05, 0) is 0 Å². The average Bonchev–Trinajstić information content (AvgIpc) is 2.77. The number of rotatable bonds is 0. The van der Waals surface area contributed by atoms with Crippen LogP contribution in [0.2, 0.25) is 0 Å². The molecule has 194 valence electrons. The Kier molecular flexibility index (Phi) is 16.6. The predicted molar refractivity (Wildman–Crippen MR) is 150 cm³/mol. The molecular formula is C29H59N3Ti. The Labute approximate surface area is 222 Å². The molecular weight excluding hydrogens is 438 g/mol. The van der Waals surface area contributed by atoms with Crippen molar-refractivity contribution in [2.24, 2.45) is 0 Å². The van der Waals surface area contributed by atoms with E-state index in [0.29, 0.717) is 0 Å². The Bertz CT molecular complexity index is 463. The molecule has 3 nitrogen and oxygen atoms in total. The summed E-state index contributed by atoms with van der Waals surface area (Å²) in [6.07, 6.45) is 7.56. The van der Waals surface area contributed by atoms with Crippen LogP contribution in [0.4, 0.5) is 0 Å². The van der Waals surface area contributed by atoms with Gasteiger partial charge in [0.1, 0.15) is 0 Å². The molecule has 0 saturated heterocycles. The van der Waals surface area contributed by atoms with Gasteiger partial charge in [-0.25, -0.2) is 0 Å². The first-order valence-corrected chi connectivity index (χ1v) is 13.1. The monoisotopic (exact) mass is 497 g/mol. The van der Waals surface area contributed by atoms with E-state index in [4.69, 9.17) is 0 Å². The summed E-state index contributed by atoms with van der Waals surface area (Å²) >= 11 is 2.14. The average molecular weight is 498 g/mol. The van der Waals surface area contributed by atoms with Crippen molar-refractivity contribution in [3.63, 3.8) is 0 Å². The van der Waals surface area contributed by atoms with E-state index in [2.05, 4.69) is 179 Å². The van der Waals surface area contributed by atoms with E-state index in [1.807, 2.05) is 0 Å². The molecule has 0 fully saturated rings. The fourth-order valence-corrected chi connectivity index (χ4v) is 3.80. The molecule has 0 aromatic heterocycles. The van der Waals surface area contributed by atoms with E-state index >= 15 is 0 Å². The summed E-state index contributed by atoms with van der Waals surface area (Å²) in [6.45, 7) is 38.2. The third-order valence-corrected chi connectivity index (χ3v) is 3.36. The molecule has 0 spiro atoms. The molecule has 0 bridgehead atoms. The van der Waals surface area contributed by atoms with E-state index < -0.39 is 0 Å². The van der Waals surface area contributed by atoms with E-state index in [1.165, 1.54) is 10.3 Å². The molecule has 4 heteroatoms. The molecule has 1 aliphatic rings. The first kappa shape index (κ1) is 37.6. The van der Waals surface area contributed by atoms with Crippen LogP contribution in [0.1, 0.15) is 131 Å². The minimum absolute atomic E-state index is 0.109. The van der Waals surface area contributed by atoms with Crippen LogP contribution in [0.5, 0.6) is 0 Å². The predicted octanol–water partition coefficient (Wildman–Crippen LogP) is 10.2. The van der Waals surface area contributed by atoms with E-state index in [9.17, 15) is 0 Å². The van der Waals surface area contributed by atoms with Crippen LogP contribution >= 0.6 is 0 Å².